The number of benzene rings is 5. The Bertz CT molecular complexity index is 2080. The number of aromatic nitrogens is 1. The van der Waals surface area contributed by atoms with Gasteiger partial charge in [-0.15, -0.1) is 6.07 Å². The molecule has 0 saturated carbocycles. The van der Waals surface area contributed by atoms with Gasteiger partial charge in [-0.3, -0.25) is 4.79 Å². The molecule has 0 spiro atoms. The number of allylic oxidation sites excluding steroid dienone is 2. The molecule has 0 aliphatic carbocycles. The van der Waals surface area contributed by atoms with Crippen molar-refractivity contribution in [2.45, 2.75) is 31.1 Å². The van der Waals surface area contributed by atoms with Gasteiger partial charge >= 0.3 is 174 Å². The zero-order chi connectivity index (χ0) is 30.7. The average molecular weight is 815 g/mol. The van der Waals surface area contributed by atoms with Crippen LogP contribution in [-0.4, -0.2) is 29.1 Å². The molecule has 44 heavy (non-hydrogen) atoms. The zero-order valence-corrected chi connectivity index (χ0v) is 29.9. The summed E-state index contributed by atoms with van der Waals surface area (Å²) in [5.41, 5.74) is 4.87. The van der Waals surface area contributed by atoms with Crippen LogP contribution in [-0.2, 0) is 24.9 Å². The molecular formula is C38H33GeIrN2O2-. The van der Waals surface area contributed by atoms with Crippen molar-refractivity contribution in [3.05, 3.63) is 121 Å². The third-order valence-electron chi connectivity index (χ3n) is 7.41. The van der Waals surface area contributed by atoms with E-state index >= 15 is 0 Å². The molecule has 1 aromatic heterocycles. The molecule has 1 N–H and O–H groups in total. The Morgan fingerprint density at radius 3 is 2.20 bits per heavy atom. The van der Waals surface area contributed by atoms with Crippen molar-refractivity contribution in [2.24, 2.45) is 0 Å². The summed E-state index contributed by atoms with van der Waals surface area (Å²) >= 11 is -1.94. The number of nitrogens with zero attached hydrogens (tertiary/aromatic N) is 2. The topological polar surface area (TPSA) is 74.0 Å². The molecule has 5 aromatic carbocycles. The van der Waals surface area contributed by atoms with Crippen LogP contribution in [0.1, 0.15) is 19.4 Å². The number of carbonyl (C=O) groups excluding carboxylic acids is 1. The Morgan fingerprint density at radius 1 is 0.841 bits per heavy atom. The van der Waals surface area contributed by atoms with Crippen LogP contribution in [0.25, 0.3) is 54.7 Å². The first-order chi connectivity index (χ1) is 20.6. The van der Waals surface area contributed by atoms with E-state index in [9.17, 15) is 10.1 Å². The van der Waals surface area contributed by atoms with E-state index in [1.165, 1.54) is 46.2 Å². The third kappa shape index (κ3) is 7.00. The van der Waals surface area contributed by atoms with Gasteiger partial charge in [0.15, 0.2) is 5.78 Å². The molecule has 0 unspecified atom stereocenters. The van der Waals surface area contributed by atoms with Crippen molar-refractivity contribution in [3.8, 4) is 28.5 Å². The number of aliphatic hydroxyl groups is 1. The first-order valence-electron chi connectivity index (χ1n) is 14.2. The second-order valence-electron chi connectivity index (χ2n) is 11.7. The minimum atomic E-state index is -1.94. The first kappa shape index (κ1) is 32.8. The average Bonchev–Trinajstić information content (AvgIpc) is 2.99. The fraction of sp³-hybridized carbons (Fsp3) is 0.132. The van der Waals surface area contributed by atoms with Crippen molar-refractivity contribution in [1.82, 2.24) is 4.98 Å². The van der Waals surface area contributed by atoms with E-state index in [-0.39, 0.29) is 31.6 Å². The summed E-state index contributed by atoms with van der Waals surface area (Å²) in [5.74, 6) is 7.25. The second-order valence-corrected chi connectivity index (χ2v) is 22.4. The van der Waals surface area contributed by atoms with Crippen LogP contribution in [0.3, 0.4) is 0 Å². The molecular weight excluding hydrogens is 781 g/mol. The largest absolute Gasteiger partial charge is 0 e. The Labute approximate surface area is 274 Å². The number of fused-ring (bicyclic) bond motifs is 4. The van der Waals surface area contributed by atoms with Gasteiger partial charge < -0.3 is 5.11 Å². The molecule has 0 saturated heterocycles. The van der Waals surface area contributed by atoms with E-state index in [1.807, 2.05) is 36.5 Å². The van der Waals surface area contributed by atoms with Crippen LogP contribution in [0, 0.1) is 17.4 Å². The van der Waals surface area contributed by atoms with Gasteiger partial charge in [-0.1, -0.05) is 23.6 Å². The van der Waals surface area contributed by atoms with Gasteiger partial charge in [0, 0.05) is 26.2 Å². The maximum absolute atomic E-state index is 10.0. The SMILES string of the molecule is CC(=O)/C=C(/C)O.[CH3][Ge]([CH3])([CH3])[c]1cccc(-c2cccc3c2ccc2c(-c4[c-]c5ccccc5c(C#N)c4)nccc23)c1.[Ir]. The molecule has 1 heterocycles. The summed E-state index contributed by atoms with van der Waals surface area (Å²) in [7, 11) is 0. The monoisotopic (exact) mass is 816 g/mol. The van der Waals surface area contributed by atoms with E-state index in [1.54, 1.807) is 0 Å². The van der Waals surface area contributed by atoms with Crippen LogP contribution in [0.15, 0.2) is 109 Å². The normalized spacial score (nSPS) is 11.4. The van der Waals surface area contributed by atoms with E-state index in [0.717, 1.165) is 32.8 Å². The summed E-state index contributed by atoms with van der Waals surface area (Å²) in [4.78, 5) is 14.8. The molecule has 0 atom stereocenters. The quantitative estimate of drug-likeness (QED) is 0.0634. The van der Waals surface area contributed by atoms with E-state index < -0.39 is 13.3 Å². The summed E-state index contributed by atoms with van der Waals surface area (Å²) < 4.78 is 1.51. The fourth-order valence-electron chi connectivity index (χ4n) is 5.39. The van der Waals surface area contributed by atoms with Gasteiger partial charge in [-0.05, 0) is 13.8 Å². The van der Waals surface area contributed by atoms with Crippen molar-refractivity contribution < 1.29 is 30.0 Å². The first-order valence-corrected chi connectivity index (χ1v) is 21.6. The predicted octanol–water partition coefficient (Wildman–Crippen LogP) is 9.13. The number of pyridine rings is 1. The number of hydrogen-bond donors (Lipinski definition) is 1. The summed E-state index contributed by atoms with van der Waals surface area (Å²) in [6.45, 7) is 2.85. The molecule has 4 nitrogen and oxygen atoms in total. The minimum Gasteiger partial charge on any atom is 0 e. The van der Waals surface area contributed by atoms with Crippen molar-refractivity contribution in [3.63, 3.8) is 0 Å². The molecule has 6 rings (SSSR count). The summed E-state index contributed by atoms with van der Waals surface area (Å²) in [6.07, 6.45) is 3.03. The molecule has 0 fully saturated rings. The van der Waals surface area contributed by atoms with E-state index in [4.69, 9.17) is 10.1 Å². The number of nitriles is 1. The second kappa shape index (κ2) is 13.7. The number of hydrogen-bond acceptors (Lipinski definition) is 4. The Balaban J connectivity index is 0.000000497. The molecule has 0 amide bonds. The summed E-state index contributed by atoms with van der Waals surface area (Å²) in [6, 6.07) is 37.8. The van der Waals surface area contributed by atoms with Crippen LogP contribution in [0.4, 0.5) is 0 Å². The molecule has 0 bridgehead atoms. The van der Waals surface area contributed by atoms with Crippen LogP contribution >= 0.6 is 0 Å². The van der Waals surface area contributed by atoms with E-state index in [2.05, 4.69) is 90.1 Å². The minimum absolute atomic E-state index is 0. The van der Waals surface area contributed by atoms with Crippen LogP contribution < -0.4 is 4.40 Å². The third-order valence-corrected chi connectivity index (χ3v) is 11.7. The van der Waals surface area contributed by atoms with Gasteiger partial charge in [-0.25, -0.2) is 0 Å². The number of ketones is 1. The van der Waals surface area contributed by atoms with Gasteiger partial charge in [0.2, 0.25) is 0 Å². The Kier molecular flexibility index (Phi) is 10.2. The standard InChI is InChI=1S/C33H25GeN2.C5H8O2.Ir/c1-34(2,3)26-10-6-9-23(20-26)28-12-7-13-29-30(28)14-15-32-31(29)16-17-36-33(32)24-18-22-8-4-5-11-27(22)25(19-24)21-35;1-4(6)3-5(2)7;/h4-17,19-20H,1-3H3;3,6H,1-2H3;/q-1;;/b;4-3-;. The smallest absolute Gasteiger partial charge is 0 e. The number of aliphatic hydroxyl groups excluding tert-OH is 1. The fourth-order valence-corrected chi connectivity index (χ4v) is 7.87. The maximum Gasteiger partial charge on any atom is 0 e. The Morgan fingerprint density at radius 2 is 1.52 bits per heavy atom. The summed E-state index contributed by atoms with van der Waals surface area (Å²) in [5, 5.41) is 24.7. The zero-order valence-electron chi connectivity index (χ0n) is 25.4. The maximum atomic E-state index is 10.0. The van der Waals surface area contributed by atoms with Gasteiger partial charge in [0.1, 0.15) is 0 Å². The Hall–Kier alpha value is -4.08. The number of carbonyl (C=O) groups is 1. The molecule has 0 aliphatic rings. The van der Waals surface area contributed by atoms with Gasteiger partial charge in [0.25, 0.3) is 0 Å². The van der Waals surface area contributed by atoms with Crippen molar-refractivity contribution >= 4 is 55.8 Å². The predicted molar refractivity (Wildman–Crippen MR) is 181 cm³/mol. The molecule has 6 aromatic rings. The van der Waals surface area contributed by atoms with Crippen molar-refractivity contribution in [1.29, 1.82) is 5.26 Å². The van der Waals surface area contributed by atoms with Crippen molar-refractivity contribution in [2.75, 3.05) is 0 Å². The van der Waals surface area contributed by atoms with Crippen LogP contribution in [0.2, 0.25) is 17.3 Å². The molecule has 6 heteroatoms. The molecule has 1 radical (unpaired) electrons. The number of rotatable bonds is 4. The molecule has 0 aliphatic heterocycles. The molecule has 221 valence electrons. The van der Waals surface area contributed by atoms with Gasteiger partial charge in [-0.2, -0.15) is 5.26 Å². The van der Waals surface area contributed by atoms with Crippen LogP contribution in [0.5, 0.6) is 0 Å². The van der Waals surface area contributed by atoms with Gasteiger partial charge in [0.05, 0.1) is 11.8 Å². The van der Waals surface area contributed by atoms with E-state index in [0.29, 0.717) is 5.56 Å².